The molecule has 4 heteroatoms. The molecule has 0 N–H and O–H groups in total. The molecule has 0 radical (unpaired) electrons. The first-order valence-corrected chi connectivity index (χ1v) is 10.9. The van der Waals surface area contributed by atoms with Crippen LogP contribution in [0.15, 0.2) is 47.4 Å². The molecule has 2 aromatic rings. The molecular weight excluding hydrogens is 362 g/mol. The van der Waals surface area contributed by atoms with Crippen LogP contribution in [0.25, 0.3) is 0 Å². The van der Waals surface area contributed by atoms with E-state index in [1.54, 1.807) is 0 Å². The van der Waals surface area contributed by atoms with Crippen molar-refractivity contribution in [3.8, 4) is 0 Å². The Labute approximate surface area is 164 Å². The second kappa shape index (κ2) is 6.87. The van der Waals surface area contributed by atoms with E-state index >= 15 is 0 Å². The van der Waals surface area contributed by atoms with Gasteiger partial charge in [0.1, 0.15) is 6.10 Å². The molecule has 2 nitrogen and oxygen atoms in total. The lowest BCUT2D eigenvalue weighted by Crippen LogP contribution is -2.43. The molecular formula is C22H24ClNOS. The van der Waals surface area contributed by atoms with Gasteiger partial charge in [-0.05, 0) is 62.1 Å². The second-order valence-corrected chi connectivity index (χ2v) is 9.28. The molecule has 3 aliphatic rings. The highest BCUT2D eigenvalue weighted by Gasteiger charge is 2.40. The van der Waals surface area contributed by atoms with E-state index in [1.807, 2.05) is 17.8 Å². The molecule has 0 aromatic heterocycles. The fourth-order valence-electron chi connectivity index (χ4n) is 4.91. The van der Waals surface area contributed by atoms with E-state index in [1.165, 1.54) is 34.4 Å². The molecule has 2 unspecified atom stereocenters. The number of piperidine rings is 1. The van der Waals surface area contributed by atoms with Gasteiger partial charge in [0.25, 0.3) is 0 Å². The van der Waals surface area contributed by atoms with E-state index < -0.39 is 0 Å². The largest absolute Gasteiger partial charge is 0.365 e. The summed E-state index contributed by atoms with van der Waals surface area (Å²) < 4.78 is 6.85. The summed E-state index contributed by atoms with van der Waals surface area (Å²) in [6.07, 6.45) is 5.25. The third kappa shape index (κ3) is 2.99. The van der Waals surface area contributed by atoms with E-state index in [0.29, 0.717) is 18.2 Å². The zero-order chi connectivity index (χ0) is 17.7. The van der Waals surface area contributed by atoms with Gasteiger partial charge in [0.15, 0.2) is 0 Å². The molecule has 0 saturated carbocycles. The van der Waals surface area contributed by atoms with Crippen LogP contribution in [0.2, 0.25) is 5.02 Å². The lowest BCUT2D eigenvalue weighted by atomic mass is 9.95. The van der Waals surface area contributed by atoms with Crippen molar-refractivity contribution in [2.45, 2.75) is 60.6 Å². The second-order valence-electron chi connectivity index (χ2n) is 7.83. The summed E-state index contributed by atoms with van der Waals surface area (Å²) in [5, 5.41) is 0.792. The van der Waals surface area contributed by atoms with Crippen LogP contribution in [-0.2, 0) is 10.5 Å². The number of halogens is 1. The Bertz CT molecular complexity index is 812. The zero-order valence-electron chi connectivity index (χ0n) is 15.0. The quantitative estimate of drug-likeness (QED) is 0.660. The van der Waals surface area contributed by atoms with Gasteiger partial charge in [0.2, 0.25) is 0 Å². The molecule has 0 spiro atoms. The normalized spacial score (nSPS) is 30.5. The van der Waals surface area contributed by atoms with Crippen LogP contribution in [0.1, 0.15) is 48.5 Å². The van der Waals surface area contributed by atoms with Gasteiger partial charge >= 0.3 is 0 Å². The predicted molar refractivity (Wildman–Crippen MR) is 108 cm³/mol. The minimum atomic E-state index is -0.0114. The Kier molecular flexibility index (Phi) is 4.52. The fourth-order valence-corrected chi connectivity index (χ4v) is 6.16. The lowest BCUT2D eigenvalue weighted by molar-refractivity contribution is -0.0435. The predicted octanol–water partition coefficient (Wildman–Crippen LogP) is 5.68. The number of nitrogens with zero attached hydrogens (tertiary/aromatic N) is 1. The Morgan fingerprint density at radius 2 is 1.81 bits per heavy atom. The lowest BCUT2D eigenvalue weighted by Gasteiger charge is -2.38. The minimum Gasteiger partial charge on any atom is -0.365 e. The summed E-state index contributed by atoms with van der Waals surface area (Å²) >= 11 is 8.26. The van der Waals surface area contributed by atoms with Crippen LogP contribution < -0.4 is 0 Å². The van der Waals surface area contributed by atoms with Crippen LogP contribution in [-0.4, -0.2) is 30.1 Å². The first kappa shape index (κ1) is 17.1. The van der Waals surface area contributed by atoms with E-state index in [0.717, 1.165) is 23.6 Å². The van der Waals surface area contributed by atoms with E-state index in [-0.39, 0.29) is 6.10 Å². The number of hydrogen-bond acceptors (Lipinski definition) is 3. The molecule has 2 bridgehead atoms. The standard InChI is InChI=1S/C22H24ClNOS/c1-24-16-7-8-17(24)12-18(11-16)25-22-19-5-3-2-4-14(19)13-26-21-9-6-15(23)10-20(21)22/h2-6,9-10,16-18,22H,7-8,11-13H2,1H3/t16-,17+,18?,22?. The van der Waals surface area contributed by atoms with Gasteiger partial charge in [-0.3, -0.25) is 0 Å². The SMILES string of the molecule is CN1[C@@H]2CC[C@H]1CC(OC1c3ccccc3CSc3ccc(Cl)cc31)C2. The van der Waals surface area contributed by atoms with Gasteiger partial charge < -0.3 is 9.64 Å². The maximum Gasteiger partial charge on any atom is 0.109 e. The average molecular weight is 386 g/mol. The summed E-state index contributed by atoms with van der Waals surface area (Å²) in [6, 6.07) is 16.4. The van der Waals surface area contributed by atoms with Gasteiger partial charge in [-0.25, -0.2) is 0 Å². The van der Waals surface area contributed by atoms with Gasteiger partial charge in [0.05, 0.1) is 6.10 Å². The topological polar surface area (TPSA) is 12.5 Å². The first-order valence-electron chi connectivity index (χ1n) is 9.56. The summed E-state index contributed by atoms with van der Waals surface area (Å²) in [4.78, 5) is 3.87. The van der Waals surface area contributed by atoms with Crippen molar-refractivity contribution in [3.05, 3.63) is 64.2 Å². The Morgan fingerprint density at radius 1 is 1.04 bits per heavy atom. The first-order chi connectivity index (χ1) is 12.7. The van der Waals surface area contributed by atoms with E-state index in [9.17, 15) is 0 Å². The smallest absolute Gasteiger partial charge is 0.109 e. The van der Waals surface area contributed by atoms with Crippen molar-refractivity contribution in [1.29, 1.82) is 0 Å². The highest BCUT2D eigenvalue weighted by atomic mass is 35.5. The van der Waals surface area contributed by atoms with E-state index in [2.05, 4.69) is 48.3 Å². The highest BCUT2D eigenvalue weighted by molar-refractivity contribution is 7.98. The van der Waals surface area contributed by atoms with Crippen LogP contribution in [0.4, 0.5) is 0 Å². The van der Waals surface area contributed by atoms with Gasteiger partial charge in [-0.15, -0.1) is 11.8 Å². The van der Waals surface area contributed by atoms with Crippen molar-refractivity contribution in [1.82, 2.24) is 4.90 Å². The fraction of sp³-hybridized carbons (Fsp3) is 0.455. The van der Waals surface area contributed by atoms with Gasteiger partial charge in [-0.1, -0.05) is 35.9 Å². The van der Waals surface area contributed by atoms with Crippen LogP contribution in [0, 0.1) is 0 Å². The molecule has 0 aliphatic carbocycles. The number of benzene rings is 2. The molecule has 2 aromatic carbocycles. The van der Waals surface area contributed by atoms with Crippen LogP contribution in [0.5, 0.6) is 0 Å². The molecule has 5 rings (SSSR count). The van der Waals surface area contributed by atoms with Crippen LogP contribution in [0.3, 0.4) is 0 Å². The third-order valence-corrected chi connectivity index (χ3v) is 7.73. The maximum absolute atomic E-state index is 6.85. The number of thioether (sulfide) groups is 1. The molecule has 0 amide bonds. The van der Waals surface area contributed by atoms with E-state index in [4.69, 9.17) is 16.3 Å². The molecule has 136 valence electrons. The summed E-state index contributed by atoms with van der Waals surface area (Å²) in [6.45, 7) is 0. The molecule has 2 saturated heterocycles. The Morgan fingerprint density at radius 3 is 2.62 bits per heavy atom. The van der Waals surface area contributed by atoms with Crippen molar-refractivity contribution < 1.29 is 4.74 Å². The summed E-state index contributed by atoms with van der Waals surface area (Å²) in [5.41, 5.74) is 3.93. The number of rotatable bonds is 2. The zero-order valence-corrected chi connectivity index (χ0v) is 16.6. The third-order valence-electron chi connectivity index (χ3n) is 6.36. The van der Waals surface area contributed by atoms with Crippen molar-refractivity contribution >= 4 is 23.4 Å². The monoisotopic (exact) mass is 385 g/mol. The molecule has 26 heavy (non-hydrogen) atoms. The highest BCUT2D eigenvalue weighted by Crippen LogP contribution is 2.45. The average Bonchev–Trinajstić information content (AvgIpc) is 2.83. The van der Waals surface area contributed by atoms with Crippen molar-refractivity contribution in [3.63, 3.8) is 0 Å². The maximum atomic E-state index is 6.85. The molecule has 3 heterocycles. The number of fused-ring (bicyclic) bond motifs is 4. The number of ether oxygens (including phenoxy) is 1. The Balaban J connectivity index is 1.52. The van der Waals surface area contributed by atoms with Gasteiger partial charge in [-0.2, -0.15) is 0 Å². The van der Waals surface area contributed by atoms with Gasteiger partial charge in [0, 0.05) is 33.3 Å². The molecule has 4 atom stereocenters. The summed E-state index contributed by atoms with van der Waals surface area (Å²) in [7, 11) is 2.28. The van der Waals surface area contributed by atoms with Crippen molar-refractivity contribution in [2.75, 3.05) is 7.05 Å². The Hall–Kier alpha value is -1.00. The minimum absolute atomic E-state index is 0.0114. The van der Waals surface area contributed by atoms with Crippen molar-refractivity contribution in [2.24, 2.45) is 0 Å². The summed E-state index contributed by atoms with van der Waals surface area (Å²) in [5.74, 6) is 0.989. The number of hydrogen-bond donors (Lipinski definition) is 0. The van der Waals surface area contributed by atoms with Crippen LogP contribution >= 0.6 is 23.4 Å². The molecule has 2 fully saturated rings. The molecule has 3 aliphatic heterocycles.